The highest BCUT2D eigenvalue weighted by Gasteiger charge is 2.31. The number of anilines is 1. The van der Waals surface area contributed by atoms with E-state index in [0.29, 0.717) is 18.8 Å². The van der Waals surface area contributed by atoms with Crippen LogP contribution in [0.1, 0.15) is 6.42 Å². The van der Waals surface area contributed by atoms with Crippen LogP contribution in [0.2, 0.25) is 0 Å². The number of carbonyl (C=O) groups excluding carboxylic acids is 1. The molecule has 1 atom stereocenters. The van der Waals surface area contributed by atoms with Crippen LogP contribution in [0.3, 0.4) is 0 Å². The van der Waals surface area contributed by atoms with E-state index in [-0.39, 0.29) is 6.54 Å². The quantitative estimate of drug-likeness (QED) is 0.806. The molecular weight excluding hydrogens is 321 g/mol. The molecule has 0 saturated carbocycles. The van der Waals surface area contributed by atoms with Crippen LogP contribution in [0, 0.1) is 0 Å². The Bertz CT molecular complexity index is 666. The van der Waals surface area contributed by atoms with E-state index in [0.717, 1.165) is 4.57 Å². The summed E-state index contributed by atoms with van der Waals surface area (Å²) in [5, 5.41) is 2.31. The van der Waals surface area contributed by atoms with Gasteiger partial charge in [0.25, 0.3) is 5.56 Å². The number of nitrogens with one attached hydrogen (secondary N) is 2. The van der Waals surface area contributed by atoms with Crippen molar-refractivity contribution in [2.75, 3.05) is 24.6 Å². The van der Waals surface area contributed by atoms with Gasteiger partial charge in [0, 0.05) is 26.2 Å². The van der Waals surface area contributed by atoms with E-state index >= 15 is 0 Å². The third kappa shape index (κ3) is 4.50. The molecule has 1 aliphatic heterocycles. The molecule has 8 nitrogen and oxygen atoms in total. The molecule has 1 aliphatic rings. The van der Waals surface area contributed by atoms with Crippen LogP contribution in [0.25, 0.3) is 0 Å². The fourth-order valence-corrected chi connectivity index (χ4v) is 2.17. The van der Waals surface area contributed by atoms with E-state index < -0.39 is 36.2 Å². The van der Waals surface area contributed by atoms with E-state index in [1.54, 1.807) is 4.90 Å². The van der Waals surface area contributed by atoms with Crippen molar-refractivity contribution in [1.82, 2.24) is 14.9 Å². The van der Waals surface area contributed by atoms with Gasteiger partial charge in [0.2, 0.25) is 0 Å². The SMILES string of the molecule is Cn1c(=O)cc(N2CC[C@@H](NC(=O)OCC(F)(F)F)C2)[nH]c1=O. The Labute approximate surface area is 127 Å². The van der Waals surface area contributed by atoms with E-state index in [1.807, 2.05) is 0 Å². The third-order valence-electron chi connectivity index (χ3n) is 3.35. The summed E-state index contributed by atoms with van der Waals surface area (Å²) in [5.41, 5.74) is -1.06. The standard InChI is InChI=1S/C12H15F3N4O4/c1-18-9(20)4-8(17-10(18)21)19-3-2-7(5-19)16-11(22)23-6-12(13,14)15/h4,7H,2-3,5-6H2,1H3,(H,16,22)(H,17,21)/t7-/m1/s1. The van der Waals surface area contributed by atoms with Gasteiger partial charge >= 0.3 is 18.0 Å². The maximum atomic E-state index is 11.9. The van der Waals surface area contributed by atoms with Crippen LogP contribution in [0.15, 0.2) is 15.7 Å². The number of carbonyl (C=O) groups is 1. The first-order valence-corrected chi connectivity index (χ1v) is 6.71. The molecule has 1 aromatic heterocycles. The van der Waals surface area contributed by atoms with E-state index in [9.17, 15) is 27.6 Å². The van der Waals surface area contributed by atoms with E-state index in [2.05, 4.69) is 15.0 Å². The summed E-state index contributed by atoms with van der Waals surface area (Å²) in [7, 11) is 1.33. The van der Waals surface area contributed by atoms with Gasteiger partial charge in [-0.15, -0.1) is 0 Å². The minimum atomic E-state index is -4.58. The molecule has 1 saturated heterocycles. The summed E-state index contributed by atoms with van der Waals surface area (Å²) >= 11 is 0. The molecule has 1 amide bonds. The number of alkyl carbamates (subject to hydrolysis) is 1. The molecule has 0 radical (unpaired) electrons. The molecule has 1 aromatic rings. The normalized spacial score (nSPS) is 18.1. The number of rotatable bonds is 3. The van der Waals surface area contributed by atoms with Crippen molar-refractivity contribution in [3.05, 3.63) is 26.9 Å². The number of aromatic amines is 1. The number of H-pyrrole nitrogens is 1. The highest BCUT2D eigenvalue weighted by atomic mass is 19.4. The van der Waals surface area contributed by atoms with Crippen LogP contribution in [-0.4, -0.2) is 47.6 Å². The summed E-state index contributed by atoms with van der Waals surface area (Å²) in [5.74, 6) is 0.297. The van der Waals surface area contributed by atoms with Crippen LogP contribution < -0.4 is 21.5 Å². The molecule has 1 fully saturated rings. The van der Waals surface area contributed by atoms with Crippen LogP contribution in [0.4, 0.5) is 23.8 Å². The highest BCUT2D eigenvalue weighted by Crippen LogP contribution is 2.17. The second-order valence-corrected chi connectivity index (χ2v) is 5.12. The predicted octanol–water partition coefficient (Wildman–Crippen LogP) is -0.0592. The van der Waals surface area contributed by atoms with Crippen molar-refractivity contribution in [2.45, 2.75) is 18.6 Å². The van der Waals surface area contributed by atoms with Gasteiger partial charge in [-0.2, -0.15) is 13.2 Å². The van der Waals surface area contributed by atoms with Crippen molar-refractivity contribution in [3.63, 3.8) is 0 Å². The van der Waals surface area contributed by atoms with Gasteiger partial charge in [-0.05, 0) is 6.42 Å². The van der Waals surface area contributed by atoms with Gasteiger partial charge in [-0.3, -0.25) is 14.3 Å². The number of alkyl halides is 3. The number of amides is 1. The van der Waals surface area contributed by atoms with Crippen LogP contribution in [0.5, 0.6) is 0 Å². The van der Waals surface area contributed by atoms with Crippen molar-refractivity contribution in [2.24, 2.45) is 7.05 Å². The molecule has 11 heteroatoms. The number of halogens is 3. The summed E-state index contributed by atoms with van der Waals surface area (Å²) < 4.78 is 40.8. The lowest BCUT2D eigenvalue weighted by Crippen LogP contribution is -2.40. The molecule has 0 aliphatic carbocycles. The van der Waals surface area contributed by atoms with Gasteiger partial charge < -0.3 is 15.0 Å². The molecule has 2 N–H and O–H groups in total. The summed E-state index contributed by atoms with van der Waals surface area (Å²) in [6.07, 6.45) is -5.30. The number of ether oxygens (including phenoxy) is 1. The molecule has 0 spiro atoms. The van der Waals surface area contributed by atoms with Gasteiger partial charge in [-0.25, -0.2) is 9.59 Å². The maximum absolute atomic E-state index is 11.9. The average Bonchev–Trinajstić information content (AvgIpc) is 2.90. The minimum Gasteiger partial charge on any atom is -0.440 e. The summed E-state index contributed by atoms with van der Waals surface area (Å²) in [4.78, 5) is 38.6. The molecule has 0 bridgehead atoms. The zero-order valence-electron chi connectivity index (χ0n) is 12.1. The lowest BCUT2D eigenvalue weighted by atomic mass is 10.3. The molecule has 128 valence electrons. The number of hydrogen-bond acceptors (Lipinski definition) is 5. The number of aromatic nitrogens is 2. The van der Waals surface area contributed by atoms with Crippen molar-refractivity contribution >= 4 is 11.9 Å². The lowest BCUT2D eigenvalue weighted by Gasteiger charge is -2.18. The Balaban J connectivity index is 1.93. The zero-order chi connectivity index (χ0) is 17.2. The smallest absolute Gasteiger partial charge is 0.422 e. The van der Waals surface area contributed by atoms with Crippen LogP contribution in [-0.2, 0) is 11.8 Å². The topological polar surface area (TPSA) is 96.4 Å². The van der Waals surface area contributed by atoms with Gasteiger partial charge in [0.05, 0.1) is 6.04 Å². The Morgan fingerprint density at radius 1 is 1.48 bits per heavy atom. The van der Waals surface area contributed by atoms with Gasteiger partial charge in [-0.1, -0.05) is 0 Å². The van der Waals surface area contributed by atoms with Gasteiger partial charge in [0.1, 0.15) is 5.82 Å². The highest BCUT2D eigenvalue weighted by molar-refractivity contribution is 5.67. The fraction of sp³-hybridized carbons (Fsp3) is 0.583. The summed E-state index contributed by atoms with van der Waals surface area (Å²) in [6.45, 7) is -0.991. The van der Waals surface area contributed by atoms with Crippen molar-refractivity contribution < 1.29 is 22.7 Å². The monoisotopic (exact) mass is 336 g/mol. The predicted molar refractivity (Wildman–Crippen MR) is 73.5 cm³/mol. The Morgan fingerprint density at radius 3 is 2.78 bits per heavy atom. The first-order chi connectivity index (χ1) is 10.7. The van der Waals surface area contributed by atoms with Crippen molar-refractivity contribution in [3.8, 4) is 0 Å². The first kappa shape index (κ1) is 16.9. The molecule has 0 aromatic carbocycles. The number of hydrogen-bond donors (Lipinski definition) is 2. The van der Waals surface area contributed by atoms with E-state index in [1.165, 1.54) is 13.1 Å². The molecular formula is C12H15F3N4O4. The Morgan fingerprint density at radius 2 is 2.17 bits per heavy atom. The Hall–Kier alpha value is -2.46. The minimum absolute atomic E-state index is 0.240. The first-order valence-electron chi connectivity index (χ1n) is 6.71. The van der Waals surface area contributed by atoms with Gasteiger partial charge in [0.15, 0.2) is 6.61 Å². The summed E-state index contributed by atoms with van der Waals surface area (Å²) in [6, 6.07) is 0.800. The molecule has 0 unspecified atom stereocenters. The zero-order valence-corrected chi connectivity index (χ0v) is 12.1. The molecule has 2 rings (SSSR count). The maximum Gasteiger partial charge on any atom is 0.422 e. The lowest BCUT2D eigenvalue weighted by molar-refractivity contribution is -0.160. The van der Waals surface area contributed by atoms with Crippen LogP contribution >= 0.6 is 0 Å². The second kappa shape index (κ2) is 6.34. The molecule has 2 heterocycles. The largest absolute Gasteiger partial charge is 0.440 e. The third-order valence-corrected chi connectivity index (χ3v) is 3.35. The van der Waals surface area contributed by atoms with Crippen molar-refractivity contribution in [1.29, 1.82) is 0 Å². The second-order valence-electron chi connectivity index (χ2n) is 5.12. The fourth-order valence-electron chi connectivity index (χ4n) is 2.17. The van der Waals surface area contributed by atoms with E-state index in [4.69, 9.17) is 0 Å². The Kier molecular flexibility index (Phi) is 4.66. The average molecular weight is 336 g/mol. The number of nitrogens with zero attached hydrogens (tertiary/aromatic N) is 2. The molecule has 23 heavy (non-hydrogen) atoms.